The summed E-state index contributed by atoms with van der Waals surface area (Å²) in [5.41, 5.74) is 0. The van der Waals surface area contributed by atoms with Crippen molar-refractivity contribution in [1.82, 2.24) is 0 Å². The van der Waals surface area contributed by atoms with E-state index in [-0.39, 0.29) is 0 Å². The molecule has 0 saturated heterocycles. The van der Waals surface area contributed by atoms with Gasteiger partial charge in [0.25, 0.3) is 0 Å². The normalized spacial score (nSPS) is 7.40. The van der Waals surface area contributed by atoms with E-state index in [1.54, 1.807) is 0 Å². The molecule has 0 aliphatic heterocycles. The van der Waals surface area contributed by atoms with E-state index >= 15 is 0 Å². The van der Waals surface area contributed by atoms with Crippen molar-refractivity contribution in [3.63, 3.8) is 0 Å². The van der Waals surface area contributed by atoms with Gasteiger partial charge < -0.3 is 5.41 Å². The summed E-state index contributed by atoms with van der Waals surface area (Å²) in [5, 5.41) is 7.36. The van der Waals surface area contributed by atoms with Crippen LogP contribution in [0.15, 0.2) is 0 Å². The van der Waals surface area contributed by atoms with Gasteiger partial charge in [0.2, 0.25) is 0 Å². The third kappa shape index (κ3) is 4.15. The first-order chi connectivity index (χ1) is 2.41. The molecule has 0 fully saturated rings. The van der Waals surface area contributed by atoms with Crippen molar-refractivity contribution >= 4 is 22.1 Å². The molecule has 0 heterocycles. The molecule has 30 valence electrons. The highest BCUT2D eigenvalue weighted by Gasteiger charge is 1.65. The van der Waals surface area contributed by atoms with E-state index in [1.807, 2.05) is 0 Å². The molecule has 0 aromatic heterocycles. The predicted molar refractivity (Wildman–Crippen MR) is 27.2 cm³/mol. The van der Waals surface area contributed by atoms with Crippen LogP contribution in [0.1, 0.15) is 6.42 Å². The van der Waals surface area contributed by atoms with Gasteiger partial charge in [-0.3, -0.25) is 0 Å². The lowest BCUT2D eigenvalue weighted by atomic mass is 10.6. The van der Waals surface area contributed by atoms with E-state index in [0.717, 1.165) is 11.8 Å². The smallest absolute Gasteiger partial charge is 0.00806 e. The van der Waals surface area contributed by atoms with Crippen molar-refractivity contribution in [2.75, 3.05) is 5.33 Å². The SMILES string of the molecule is N=CCCBr. The number of halogens is 1. The Morgan fingerprint density at radius 1 is 1.80 bits per heavy atom. The van der Waals surface area contributed by atoms with Crippen molar-refractivity contribution in [1.29, 1.82) is 5.41 Å². The molecule has 5 heavy (non-hydrogen) atoms. The number of rotatable bonds is 2. The molecule has 0 rings (SSSR count). The molecule has 1 nitrogen and oxygen atoms in total. The Hall–Kier alpha value is 0.150. The Morgan fingerprint density at radius 3 is 2.40 bits per heavy atom. The lowest BCUT2D eigenvalue weighted by Crippen LogP contribution is -1.68. The van der Waals surface area contributed by atoms with Crippen LogP contribution in [-0.4, -0.2) is 11.5 Å². The standard InChI is InChI=1S/C3H6BrN/c4-2-1-3-5/h3,5H,1-2H2. The highest BCUT2D eigenvalue weighted by molar-refractivity contribution is 9.09. The molecule has 0 amide bonds. The third-order valence-electron chi connectivity index (χ3n) is 0.253. The molecule has 0 unspecified atom stereocenters. The van der Waals surface area contributed by atoms with Gasteiger partial charge in [0.15, 0.2) is 0 Å². The monoisotopic (exact) mass is 135 g/mol. The van der Waals surface area contributed by atoms with Gasteiger partial charge in [-0.2, -0.15) is 0 Å². The van der Waals surface area contributed by atoms with E-state index in [4.69, 9.17) is 5.41 Å². The van der Waals surface area contributed by atoms with Crippen molar-refractivity contribution in [3.8, 4) is 0 Å². The van der Waals surface area contributed by atoms with Crippen LogP contribution in [0.4, 0.5) is 0 Å². The van der Waals surface area contributed by atoms with E-state index in [2.05, 4.69) is 15.9 Å². The van der Waals surface area contributed by atoms with Gasteiger partial charge in [0.05, 0.1) is 0 Å². The molecule has 2 heteroatoms. The summed E-state index contributed by atoms with van der Waals surface area (Å²) in [7, 11) is 0. The molecule has 0 atom stereocenters. The van der Waals surface area contributed by atoms with Gasteiger partial charge in [-0.1, -0.05) is 15.9 Å². The van der Waals surface area contributed by atoms with Crippen LogP contribution in [0, 0.1) is 5.41 Å². The molecule has 0 spiro atoms. The van der Waals surface area contributed by atoms with Crippen LogP contribution >= 0.6 is 15.9 Å². The van der Waals surface area contributed by atoms with Crippen molar-refractivity contribution < 1.29 is 0 Å². The molecule has 1 N–H and O–H groups in total. The van der Waals surface area contributed by atoms with Crippen LogP contribution in [0.3, 0.4) is 0 Å². The van der Waals surface area contributed by atoms with Crippen LogP contribution < -0.4 is 0 Å². The quantitative estimate of drug-likeness (QED) is 0.438. The van der Waals surface area contributed by atoms with E-state index in [9.17, 15) is 0 Å². The molecule has 0 aliphatic rings. The van der Waals surface area contributed by atoms with Gasteiger partial charge >= 0.3 is 0 Å². The van der Waals surface area contributed by atoms with Crippen LogP contribution in [0.5, 0.6) is 0 Å². The maximum absolute atomic E-state index is 6.45. The van der Waals surface area contributed by atoms with Gasteiger partial charge in [-0.25, -0.2) is 0 Å². The Morgan fingerprint density at radius 2 is 2.40 bits per heavy atom. The highest BCUT2D eigenvalue weighted by Crippen LogP contribution is 1.79. The number of hydrogen-bond acceptors (Lipinski definition) is 1. The van der Waals surface area contributed by atoms with Gasteiger partial charge in [0.1, 0.15) is 0 Å². The van der Waals surface area contributed by atoms with Crippen molar-refractivity contribution in [2.45, 2.75) is 6.42 Å². The summed E-state index contributed by atoms with van der Waals surface area (Å²) in [4.78, 5) is 0. The first-order valence-corrected chi connectivity index (χ1v) is 2.59. The van der Waals surface area contributed by atoms with Gasteiger partial charge in [-0.15, -0.1) is 0 Å². The number of hydrogen-bond donors (Lipinski definition) is 1. The Labute approximate surface area is 40.0 Å². The average molecular weight is 136 g/mol. The molecule has 0 saturated carbocycles. The highest BCUT2D eigenvalue weighted by atomic mass is 79.9. The molecule has 0 aromatic rings. The first-order valence-electron chi connectivity index (χ1n) is 1.46. The minimum absolute atomic E-state index is 0.847. The second-order valence-electron chi connectivity index (χ2n) is 0.682. The predicted octanol–water partition coefficient (Wildman–Crippen LogP) is 1.42. The van der Waals surface area contributed by atoms with Gasteiger partial charge in [-0.05, 0) is 12.6 Å². The Balaban J connectivity index is 2.40. The summed E-state index contributed by atoms with van der Waals surface area (Å²) in [5.74, 6) is 0. The van der Waals surface area contributed by atoms with Crippen LogP contribution in [0.2, 0.25) is 0 Å². The summed E-state index contributed by atoms with van der Waals surface area (Å²) in [6.07, 6.45) is 2.23. The summed E-state index contributed by atoms with van der Waals surface area (Å²) < 4.78 is 0. The summed E-state index contributed by atoms with van der Waals surface area (Å²) in [6, 6.07) is 0. The van der Waals surface area contributed by atoms with E-state index in [0.29, 0.717) is 0 Å². The molecular formula is C3H6BrN. The van der Waals surface area contributed by atoms with Crippen LogP contribution in [0.25, 0.3) is 0 Å². The van der Waals surface area contributed by atoms with Crippen molar-refractivity contribution in [3.05, 3.63) is 0 Å². The fourth-order valence-electron chi connectivity index (χ4n) is 0.0546. The summed E-state index contributed by atoms with van der Waals surface area (Å²) in [6.45, 7) is 0. The zero-order valence-corrected chi connectivity index (χ0v) is 4.46. The maximum atomic E-state index is 6.45. The molecule has 0 bridgehead atoms. The molecule has 0 aliphatic carbocycles. The second kappa shape index (κ2) is 4.15. The summed E-state index contributed by atoms with van der Waals surface area (Å²) >= 11 is 3.16. The lowest BCUT2D eigenvalue weighted by Gasteiger charge is -1.69. The molecule has 0 aromatic carbocycles. The number of nitrogens with one attached hydrogen (secondary N) is 1. The maximum Gasteiger partial charge on any atom is 0.00806 e. The lowest BCUT2D eigenvalue weighted by molar-refractivity contribution is 1.33. The fraction of sp³-hybridized carbons (Fsp3) is 0.667. The topological polar surface area (TPSA) is 23.9 Å². The zero-order chi connectivity index (χ0) is 4.12. The first kappa shape index (κ1) is 5.15. The fourth-order valence-corrected chi connectivity index (χ4v) is 0.283. The average Bonchev–Trinajstić information content (AvgIpc) is 1.41. The molecular weight excluding hydrogens is 130 g/mol. The van der Waals surface area contributed by atoms with E-state index in [1.165, 1.54) is 6.21 Å². The minimum Gasteiger partial charge on any atom is -0.313 e. The van der Waals surface area contributed by atoms with E-state index < -0.39 is 0 Å². The minimum atomic E-state index is 0.847. The number of alkyl halides is 1. The van der Waals surface area contributed by atoms with Crippen LogP contribution in [-0.2, 0) is 0 Å². The van der Waals surface area contributed by atoms with Gasteiger partial charge in [0, 0.05) is 5.33 Å². The largest absolute Gasteiger partial charge is 0.313 e. The molecule has 0 radical (unpaired) electrons. The Kier molecular flexibility index (Phi) is 4.27. The van der Waals surface area contributed by atoms with Crippen molar-refractivity contribution in [2.24, 2.45) is 0 Å². The third-order valence-corrected chi connectivity index (χ3v) is 0.711. The Bertz CT molecular complexity index is 28.1. The zero-order valence-electron chi connectivity index (χ0n) is 2.87. The second-order valence-corrected chi connectivity index (χ2v) is 1.47.